The second-order valence-electron chi connectivity index (χ2n) is 0.714. The molecule has 1 radical (unpaired) electrons. The van der Waals surface area contributed by atoms with Crippen molar-refractivity contribution < 1.29 is 95.1 Å². The summed E-state index contributed by atoms with van der Waals surface area (Å²) in [6.07, 6.45) is 0. The molecule has 18 heavy (non-hydrogen) atoms. The van der Waals surface area contributed by atoms with Crippen LogP contribution in [0.4, 0.5) is 0 Å². The largest absolute Gasteiger partial charge is 0.412 e. The first-order chi connectivity index (χ1) is 5.20. The third kappa shape index (κ3) is 1460. The zero-order chi connectivity index (χ0) is 10.7. The molecule has 0 bridgehead atoms. The van der Waals surface area contributed by atoms with Crippen LogP contribution in [0.25, 0.3) is 0 Å². The van der Waals surface area contributed by atoms with Crippen LogP contribution in [0, 0.1) is 67.2 Å². The summed E-state index contributed by atoms with van der Waals surface area (Å²) in [6.45, 7) is 0. The van der Waals surface area contributed by atoms with Crippen LogP contribution in [0.3, 0.4) is 0 Å². The first-order valence-electron chi connectivity index (χ1n) is 1.70. The summed E-state index contributed by atoms with van der Waals surface area (Å²) in [5, 5.41) is 40.9. The second kappa shape index (κ2) is 57.5. The average Bonchev–Trinajstić information content (AvgIpc) is 1.54. The summed E-state index contributed by atoms with van der Waals surface area (Å²) in [5.74, 6) is 0. The van der Waals surface area contributed by atoms with Gasteiger partial charge < -0.3 is 43.0 Å². The Morgan fingerprint density at radius 1 is 0.556 bits per heavy atom. The molecule has 125 valence electrons. The predicted molar refractivity (Wildman–Crippen MR) is 44.4 cm³/mol. The van der Waals surface area contributed by atoms with Crippen LogP contribution in [-0.2, 0) is 0 Å². The van der Waals surface area contributed by atoms with E-state index in [-0.39, 0.29) is 64.3 Å². The van der Waals surface area contributed by atoms with Gasteiger partial charge in [0.15, 0.2) is 0 Å². The van der Waals surface area contributed by atoms with E-state index in [0.717, 1.165) is 0 Å². The van der Waals surface area contributed by atoms with Crippen molar-refractivity contribution in [3.05, 3.63) is 30.3 Å². The maximum atomic E-state index is 8.36. The second-order valence-corrected chi connectivity index (χ2v) is 0.714. The van der Waals surface area contributed by atoms with Crippen LogP contribution in [0.2, 0.25) is 0 Å². The van der Waals surface area contributed by atoms with Gasteiger partial charge in [-0.15, -0.1) is 30.3 Å². The fourth-order valence-corrected chi connectivity index (χ4v) is 0. The maximum Gasteiger partial charge on any atom is 0.291 e. The molecule has 18 heteroatoms. The van der Waals surface area contributed by atoms with Crippen LogP contribution < -0.4 is 0 Å². The molecule has 0 aliphatic heterocycles. The zero-order valence-electron chi connectivity index (χ0n) is 7.91. The van der Waals surface area contributed by atoms with Crippen LogP contribution >= 0.6 is 0 Å². The minimum Gasteiger partial charge on any atom is -0.412 e. The van der Waals surface area contributed by atoms with E-state index in [1.807, 2.05) is 0 Å². The van der Waals surface area contributed by atoms with Gasteiger partial charge in [0.1, 0.15) is 0 Å². The van der Waals surface area contributed by atoms with E-state index in [9.17, 15) is 0 Å². The number of hydrogen-bond acceptors (Lipinski definition) is 6. The smallest absolute Gasteiger partial charge is 0.291 e. The Kier molecular flexibility index (Phi) is 223. The van der Waals surface area contributed by atoms with Crippen LogP contribution in [0.1, 0.15) is 0 Å². The minimum atomic E-state index is -1.50. The monoisotopic (exact) mass is 448 g/mol. The third-order valence-corrected chi connectivity index (χ3v) is 0. The molecule has 17 nitrogen and oxygen atoms in total. The van der Waals surface area contributed by atoms with Gasteiger partial charge in [0.05, 0.1) is 0 Å². The summed E-state index contributed by atoms with van der Waals surface area (Å²) in [6, 6.07) is 0. The fourth-order valence-electron chi connectivity index (χ4n) is 0. The molecule has 0 heterocycles. The molecule has 13 N–H and O–H groups in total. The Hall–Kier alpha value is -1.37. The molecule has 0 saturated carbocycles. The summed E-state index contributed by atoms with van der Waals surface area (Å²) in [5.41, 5.74) is 0. The molecule has 0 spiro atoms. The average molecular weight is 448 g/mol. The van der Waals surface area contributed by atoms with Gasteiger partial charge in [0.2, 0.25) is 0 Å². The van der Waals surface area contributed by atoms with Gasteiger partial charge in [0, 0.05) is 36.9 Å². The van der Waals surface area contributed by atoms with Crippen molar-refractivity contribution in [3.63, 3.8) is 0 Å². The maximum absolute atomic E-state index is 8.36. The molecule has 0 aliphatic rings. The SMILES string of the molecule is O.O.O.O.O.O=[N+]([O-])O.O=[N+]([O-])O.O=[N+]([O-])O.[Tm]. The summed E-state index contributed by atoms with van der Waals surface area (Å²) in [7, 11) is 0. The Balaban J connectivity index is -0.00000000827. The summed E-state index contributed by atoms with van der Waals surface area (Å²) in [4.78, 5) is 25.1. The van der Waals surface area contributed by atoms with Gasteiger partial charge >= 0.3 is 0 Å². The third-order valence-electron chi connectivity index (χ3n) is 0. The molecular formula is H13N3O14Tm. The van der Waals surface area contributed by atoms with Gasteiger partial charge in [-0.3, -0.25) is 0 Å². The van der Waals surface area contributed by atoms with Gasteiger partial charge in [0.25, 0.3) is 15.3 Å². The van der Waals surface area contributed by atoms with Crippen LogP contribution in [0.5, 0.6) is 0 Å². The van der Waals surface area contributed by atoms with Gasteiger partial charge in [-0.25, -0.2) is 0 Å². The molecule has 0 saturated heterocycles. The molecule has 0 amide bonds. The number of hydrogen-bond donors (Lipinski definition) is 3. The first kappa shape index (κ1) is 69.8. The Morgan fingerprint density at radius 3 is 0.556 bits per heavy atom. The standard InChI is InChI=1S/3HNO3.5H2O.Tm/c3*2-1(3)4;;;;;;/h3*(H,2,3,4);5*1H2;. The van der Waals surface area contributed by atoms with Gasteiger partial charge in [-0.2, -0.15) is 0 Å². The molecule has 0 rings (SSSR count). The van der Waals surface area contributed by atoms with E-state index in [2.05, 4.69) is 0 Å². The van der Waals surface area contributed by atoms with Crippen LogP contribution in [-0.4, -0.2) is 58.3 Å². The molecule has 0 aliphatic carbocycles. The van der Waals surface area contributed by atoms with Crippen molar-refractivity contribution in [2.75, 3.05) is 0 Å². The minimum absolute atomic E-state index is 0. The molecule has 0 unspecified atom stereocenters. The van der Waals surface area contributed by atoms with E-state index in [1.165, 1.54) is 0 Å². The van der Waals surface area contributed by atoms with E-state index in [4.69, 9.17) is 46.0 Å². The quantitative estimate of drug-likeness (QED) is 0.235. The van der Waals surface area contributed by atoms with Crippen molar-refractivity contribution in [1.82, 2.24) is 0 Å². The topological polar surface area (TPSA) is 348 Å². The van der Waals surface area contributed by atoms with E-state index in [0.29, 0.717) is 0 Å². The van der Waals surface area contributed by atoms with Crippen molar-refractivity contribution >= 4 is 0 Å². The number of rotatable bonds is 0. The fraction of sp³-hybridized carbons (Fsp3) is 0. The van der Waals surface area contributed by atoms with E-state index >= 15 is 0 Å². The molecule has 0 aromatic rings. The molecule has 0 atom stereocenters. The Labute approximate surface area is 125 Å². The summed E-state index contributed by atoms with van der Waals surface area (Å²) < 4.78 is 0. The summed E-state index contributed by atoms with van der Waals surface area (Å²) >= 11 is 0. The van der Waals surface area contributed by atoms with Gasteiger partial charge in [-0.05, 0) is 0 Å². The normalized spacial score (nSPS) is 4.00. The van der Waals surface area contributed by atoms with Crippen molar-refractivity contribution in [2.45, 2.75) is 0 Å². The molecule has 0 fully saturated rings. The van der Waals surface area contributed by atoms with Crippen molar-refractivity contribution in [2.24, 2.45) is 0 Å². The molecule has 0 aromatic heterocycles. The van der Waals surface area contributed by atoms with Crippen LogP contribution in [0.15, 0.2) is 0 Å². The zero-order valence-corrected chi connectivity index (χ0v) is 9.69. The van der Waals surface area contributed by atoms with Crippen molar-refractivity contribution in [3.8, 4) is 0 Å². The first-order valence-corrected chi connectivity index (χ1v) is 1.70. The Morgan fingerprint density at radius 2 is 0.556 bits per heavy atom. The van der Waals surface area contributed by atoms with Crippen molar-refractivity contribution in [1.29, 1.82) is 0 Å². The molecular weight excluding hydrogens is 435 g/mol. The van der Waals surface area contributed by atoms with Gasteiger partial charge in [-0.1, -0.05) is 0 Å². The van der Waals surface area contributed by atoms with E-state index < -0.39 is 15.3 Å². The Bertz CT molecular complexity index is 115. The van der Waals surface area contributed by atoms with E-state index in [1.54, 1.807) is 0 Å². The molecule has 0 aromatic carbocycles. The number of nitrogens with zero attached hydrogens (tertiary/aromatic N) is 3. The predicted octanol–water partition coefficient (Wildman–Crippen LogP) is -5.17.